The van der Waals surface area contributed by atoms with Crippen LogP contribution in [0.3, 0.4) is 0 Å². The van der Waals surface area contributed by atoms with E-state index in [4.69, 9.17) is 0 Å². The maximum absolute atomic E-state index is 11.4. The molecule has 3 atom stereocenters. The molecular formula is C9H13BrO. The smallest absolute Gasteiger partial charge is 0.136 e. The zero-order chi connectivity index (χ0) is 7.84. The number of hydrogen-bond donors (Lipinski definition) is 0. The molecule has 0 amide bonds. The SMILES string of the molecule is O=C1C[C@@H](CBr)C[C@H]2CC[C@@H]12. The molecule has 11 heavy (non-hydrogen) atoms. The monoisotopic (exact) mass is 216 g/mol. The number of halogens is 1. The van der Waals surface area contributed by atoms with Gasteiger partial charge in [-0.15, -0.1) is 0 Å². The Morgan fingerprint density at radius 3 is 2.73 bits per heavy atom. The maximum atomic E-state index is 11.4. The van der Waals surface area contributed by atoms with E-state index in [-0.39, 0.29) is 0 Å². The average molecular weight is 217 g/mol. The van der Waals surface area contributed by atoms with Crippen molar-refractivity contribution in [1.82, 2.24) is 0 Å². The van der Waals surface area contributed by atoms with E-state index in [0.29, 0.717) is 17.6 Å². The summed E-state index contributed by atoms with van der Waals surface area (Å²) in [6, 6.07) is 0. The zero-order valence-electron chi connectivity index (χ0n) is 6.55. The second kappa shape index (κ2) is 2.89. The highest BCUT2D eigenvalue weighted by Gasteiger charge is 2.41. The van der Waals surface area contributed by atoms with Gasteiger partial charge in [-0.05, 0) is 31.1 Å². The molecule has 0 unspecified atom stereocenters. The van der Waals surface area contributed by atoms with E-state index >= 15 is 0 Å². The lowest BCUT2D eigenvalue weighted by molar-refractivity contribution is -0.132. The first-order valence-electron chi connectivity index (χ1n) is 4.40. The zero-order valence-corrected chi connectivity index (χ0v) is 8.14. The first-order valence-corrected chi connectivity index (χ1v) is 5.52. The average Bonchev–Trinajstić information content (AvgIpc) is 1.93. The van der Waals surface area contributed by atoms with E-state index in [1.807, 2.05) is 0 Å². The summed E-state index contributed by atoms with van der Waals surface area (Å²) < 4.78 is 0. The molecule has 0 aromatic heterocycles. The van der Waals surface area contributed by atoms with E-state index in [1.54, 1.807) is 0 Å². The van der Waals surface area contributed by atoms with Crippen molar-refractivity contribution in [3.8, 4) is 0 Å². The van der Waals surface area contributed by atoms with Gasteiger partial charge in [0.1, 0.15) is 5.78 Å². The number of carbonyl (C=O) groups excluding carboxylic acids is 1. The number of alkyl halides is 1. The van der Waals surface area contributed by atoms with Crippen LogP contribution in [0.2, 0.25) is 0 Å². The van der Waals surface area contributed by atoms with E-state index in [0.717, 1.165) is 17.7 Å². The molecule has 0 aromatic carbocycles. The standard InChI is InChI=1S/C9H13BrO/c10-5-6-3-7-1-2-8(7)9(11)4-6/h6-8H,1-5H2/t6-,7+,8+/m0/s1. The molecule has 2 aliphatic rings. The Labute approximate surface area is 75.7 Å². The van der Waals surface area contributed by atoms with E-state index in [1.165, 1.54) is 19.3 Å². The third-order valence-electron chi connectivity index (χ3n) is 3.18. The third-order valence-corrected chi connectivity index (χ3v) is 4.09. The Hall–Kier alpha value is 0.150. The highest BCUT2D eigenvalue weighted by molar-refractivity contribution is 9.09. The molecule has 0 heterocycles. The summed E-state index contributed by atoms with van der Waals surface area (Å²) in [6.45, 7) is 0. The predicted molar refractivity (Wildman–Crippen MR) is 47.7 cm³/mol. The van der Waals surface area contributed by atoms with Crippen LogP contribution in [0.25, 0.3) is 0 Å². The quantitative estimate of drug-likeness (QED) is 0.616. The van der Waals surface area contributed by atoms with Crippen LogP contribution >= 0.6 is 15.9 Å². The van der Waals surface area contributed by atoms with Crippen molar-refractivity contribution in [2.45, 2.75) is 25.7 Å². The topological polar surface area (TPSA) is 17.1 Å². The Bertz CT molecular complexity index is 176. The Kier molecular flexibility index (Phi) is 2.04. The number of Topliss-reactive ketones (excluding diaryl/α,β-unsaturated/α-hetero) is 1. The van der Waals surface area contributed by atoms with Gasteiger partial charge in [0.2, 0.25) is 0 Å². The fourth-order valence-electron chi connectivity index (χ4n) is 2.34. The van der Waals surface area contributed by atoms with Gasteiger partial charge >= 0.3 is 0 Å². The van der Waals surface area contributed by atoms with Crippen molar-refractivity contribution in [2.24, 2.45) is 17.8 Å². The van der Waals surface area contributed by atoms with E-state index in [9.17, 15) is 4.79 Å². The van der Waals surface area contributed by atoms with Crippen molar-refractivity contribution in [3.63, 3.8) is 0 Å². The largest absolute Gasteiger partial charge is 0.299 e. The molecule has 2 aliphatic carbocycles. The van der Waals surface area contributed by atoms with Gasteiger partial charge in [-0.2, -0.15) is 0 Å². The first kappa shape index (κ1) is 7.78. The van der Waals surface area contributed by atoms with Crippen molar-refractivity contribution < 1.29 is 4.79 Å². The molecule has 0 aromatic rings. The fraction of sp³-hybridized carbons (Fsp3) is 0.889. The highest BCUT2D eigenvalue weighted by Crippen LogP contribution is 2.45. The van der Waals surface area contributed by atoms with Gasteiger partial charge in [-0.3, -0.25) is 4.79 Å². The van der Waals surface area contributed by atoms with E-state index in [2.05, 4.69) is 15.9 Å². The number of hydrogen-bond acceptors (Lipinski definition) is 1. The lowest BCUT2D eigenvalue weighted by Crippen LogP contribution is -2.40. The molecule has 2 saturated carbocycles. The lowest BCUT2D eigenvalue weighted by atomic mass is 9.62. The summed E-state index contributed by atoms with van der Waals surface area (Å²) in [6.07, 6.45) is 4.62. The maximum Gasteiger partial charge on any atom is 0.136 e. The van der Waals surface area contributed by atoms with Crippen LogP contribution in [0.5, 0.6) is 0 Å². The van der Waals surface area contributed by atoms with Gasteiger partial charge in [-0.1, -0.05) is 15.9 Å². The molecule has 0 spiro atoms. The summed E-state index contributed by atoms with van der Waals surface area (Å²) in [4.78, 5) is 11.4. The van der Waals surface area contributed by atoms with Gasteiger partial charge in [0.05, 0.1) is 0 Å². The molecule has 1 nitrogen and oxygen atoms in total. The minimum atomic E-state index is 0.477. The summed E-state index contributed by atoms with van der Waals surface area (Å²) in [7, 11) is 0. The number of rotatable bonds is 1. The van der Waals surface area contributed by atoms with Crippen LogP contribution in [-0.4, -0.2) is 11.1 Å². The van der Waals surface area contributed by atoms with E-state index < -0.39 is 0 Å². The van der Waals surface area contributed by atoms with Gasteiger partial charge < -0.3 is 0 Å². The summed E-state index contributed by atoms with van der Waals surface area (Å²) in [5, 5.41) is 1.02. The second-order valence-corrected chi connectivity index (χ2v) is 4.52. The summed E-state index contributed by atoms with van der Waals surface area (Å²) >= 11 is 3.46. The minimum Gasteiger partial charge on any atom is -0.299 e. The molecule has 2 fully saturated rings. The second-order valence-electron chi connectivity index (χ2n) is 3.87. The normalized spacial score (nSPS) is 43.0. The van der Waals surface area contributed by atoms with Crippen molar-refractivity contribution in [2.75, 3.05) is 5.33 Å². The Morgan fingerprint density at radius 2 is 2.27 bits per heavy atom. The van der Waals surface area contributed by atoms with Crippen LogP contribution in [0.15, 0.2) is 0 Å². The fourth-order valence-corrected chi connectivity index (χ4v) is 2.83. The van der Waals surface area contributed by atoms with Crippen molar-refractivity contribution >= 4 is 21.7 Å². The first-order chi connectivity index (χ1) is 5.31. The van der Waals surface area contributed by atoms with Crippen molar-refractivity contribution in [1.29, 1.82) is 0 Å². The van der Waals surface area contributed by atoms with Crippen LogP contribution in [0, 0.1) is 17.8 Å². The molecule has 2 rings (SSSR count). The molecule has 2 heteroatoms. The number of fused-ring (bicyclic) bond motifs is 1. The predicted octanol–water partition coefficient (Wildman–Crippen LogP) is 2.39. The third kappa shape index (κ3) is 1.26. The number of carbonyl (C=O) groups is 1. The number of ketones is 1. The van der Waals surface area contributed by atoms with Crippen LogP contribution < -0.4 is 0 Å². The van der Waals surface area contributed by atoms with Crippen LogP contribution in [-0.2, 0) is 4.79 Å². The molecule has 62 valence electrons. The van der Waals surface area contributed by atoms with Crippen LogP contribution in [0.1, 0.15) is 25.7 Å². The molecular weight excluding hydrogens is 204 g/mol. The van der Waals surface area contributed by atoms with Crippen LogP contribution in [0.4, 0.5) is 0 Å². The summed E-state index contributed by atoms with van der Waals surface area (Å²) in [5.74, 6) is 2.42. The lowest BCUT2D eigenvalue weighted by Gasteiger charge is -2.42. The molecule has 0 saturated heterocycles. The molecule has 0 N–H and O–H groups in total. The minimum absolute atomic E-state index is 0.477. The summed E-state index contributed by atoms with van der Waals surface area (Å²) in [5.41, 5.74) is 0. The molecule has 0 aliphatic heterocycles. The van der Waals surface area contributed by atoms with Gasteiger partial charge in [-0.25, -0.2) is 0 Å². The molecule has 0 radical (unpaired) electrons. The van der Waals surface area contributed by atoms with Crippen molar-refractivity contribution in [3.05, 3.63) is 0 Å². The molecule has 0 bridgehead atoms. The highest BCUT2D eigenvalue weighted by atomic mass is 79.9. The Balaban J connectivity index is 2.00. The van der Waals surface area contributed by atoms with Gasteiger partial charge in [0.15, 0.2) is 0 Å². The Morgan fingerprint density at radius 1 is 1.45 bits per heavy atom. The van der Waals surface area contributed by atoms with Gasteiger partial charge in [0.25, 0.3) is 0 Å². The van der Waals surface area contributed by atoms with Gasteiger partial charge in [0, 0.05) is 17.7 Å².